The van der Waals surface area contributed by atoms with E-state index in [1.807, 2.05) is 18.2 Å². The first-order valence-electron chi connectivity index (χ1n) is 5.49. The highest BCUT2D eigenvalue weighted by Gasteiger charge is 2.08. The van der Waals surface area contributed by atoms with Gasteiger partial charge in [0.15, 0.2) is 0 Å². The van der Waals surface area contributed by atoms with Crippen molar-refractivity contribution in [3.63, 3.8) is 0 Å². The molecule has 1 nitrogen and oxygen atoms in total. The van der Waals surface area contributed by atoms with Gasteiger partial charge in [0.2, 0.25) is 0 Å². The van der Waals surface area contributed by atoms with Crippen LogP contribution in [0, 0.1) is 6.92 Å². The summed E-state index contributed by atoms with van der Waals surface area (Å²) in [4.78, 5) is 0. The Bertz CT molecular complexity index is 268. The zero-order valence-electron chi connectivity index (χ0n) is 9.16. The average molecular weight is 192 g/mol. The first kappa shape index (κ1) is 11.3. The largest absolute Gasteiger partial charge is 0.388 e. The normalized spacial score (nSPS) is 12.8. The van der Waals surface area contributed by atoms with Crippen molar-refractivity contribution in [2.45, 2.75) is 45.6 Å². The summed E-state index contributed by atoms with van der Waals surface area (Å²) in [5.74, 6) is 0. The molecule has 14 heavy (non-hydrogen) atoms. The second kappa shape index (κ2) is 5.82. The fourth-order valence-electron chi connectivity index (χ4n) is 1.70. The van der Waals surface area contributed by atoms with Crippen LogP contribution in [0.4, 0.5) is 0 Å². The molecule has 0 fully saturated rings. The van der Waals surface area contributed by atoms with Gasteiger partial charge in [-0.25, -0.2) is 0 Å². The van der Waals surface area contributed by atoms with Gasteiger partial charge in [-0.1, -0.05) is 50.5 Å². The Morgan fingerprint density at radius 1 is 1.21 bits per heavy atom. The number of rotatable bonds is 5. The minimum atomic E-state index is -0.275. The van der Waals surface area contributed by atoms with Gasteiger partial charge in [0.25, 0.3) is 0 Å². The van der Waals surface area contributed by atoms with Crippen molar-refractivity contribution >= 4 is 0 Å². The lowest BCUT2D eigenvalue weighted by molar-refractivity contribution is 0.163. The van der Waals surface area contributed by atoms with E-state index in [-0.39, 0.29) is 6.10 Å². The number of hydrogen-bond acceptors (Lipinski definition) is 1. The molecule has 0 saturated heterocycles. The predicted molar refractivity (Wildman–Crippen MR) is 60.3 cm³/mol. The van der Waals surface area contributed by atoms with E-state index in [0.29, 0.717) is 0 Å². The van der Waals surface area contributed by atoms with Crippen molar-refractivity contribution in [1.82, 2.24) is 0 Å². The lowest BCUT2D eigenvalue weighted by atomic mass is 9.99. The predicted octanol–water partition coefficient (Wildman–Crippen LogP) is 3.61. The molecule has 78 valence electrons. The summed E-state index contributed by atoms with van der Waals surface area (Å²) in [6.45, 7) is 4.23. The van der Waals surface area contributed by atoms with Gasteiger partial charge in [-0.2, -0.15) is 0 Å². The zero-order valence-corrected chi connectivity index (χ0v) is 9.16. The summed E-state index contributed by atoms with van der Waals surface area (Å²) in [7, 11) is 0. The SMILES string of the molecule is CCCCCC(O)c1ccccc1C. The van der Waals surface area contributed by atoms with E-state index in [4.69, 9.17) is 0 Å². The minimum absolute atomic E-state index is 0.275. The van der Waals surface area contributed by atoms with Crippen LogP contribution in [-0.2, 0) is 0 Å². The maximum atomic E-state index is 9.93. The highest BCUT2D eigenvalue weighted by atomic mass is 16.3. The van der Waals surface area contributed by atoms with Crippen LogP contribution >= 0.6 is 0 Å². The number of benzene rings is 1. The van der Waals surface area contributed by atoms with Crippen LogP contribution in [0.25, 0.3) is 0 Å². The first-order chi connectivity index (χ1) is 6.75. The van der Waals surface area contributed by atoms with E-state index in [1.54, 1.807) is 0 Å². The molecule has 1 N–H and O–H groups in total. The number of hydrogen-bond donors (Lipinski definition) is 1. The molecule has 0 heterocycles. The van der Waals surface area contributed by atoms with E-state index in [2.05, 4.69) is 19.9 Å². The smallest absolute Gasteiger partial charge is 0.0792 e. The number of aliphatic hydroxyl groups excluding tert-OH is 1. The molecule has 1 unspecified atom stereocenters. The van der Waals surface area contributed by atoms with Gasteiger partial charge in [-0.15, -0.1) is 0 Å². The van der Waals surface area contributed by atoms with E-state index in [9.17, 15) is 5.11 Å². The quantitative estimate of drug-likeness (QED) is 0.707. The second-order valence-corrected chi connectivity index (χ2v) is 3.87. The fraction of sp³-hybridized carbons (Fsp3) is 0.538. The Balaban J connectivity index is 2.51. The number of aryl methyl sites for hydroxylation is 1. The van der Waals surface area contributed by atoms with E-state index in [1.165, 1.54) is 18.4 Å². The van der Waals surface area contributed by atoms with E-state index < -0.39 is 0 Å². The molecular weight excluding hydrogens is 172 g/mol. The molecule has 1 atom stereocenters. The number of aliphatic hydroxyl groups is 1. The van der Waals surface area contributed by atoms with Crippen molar-refractivity contribution < 1.29 is 5.11 Å². The van der Waals surface area contributed by atoms with Gasteiger partial charge in [-0.05, 0) is 24.5 Å². The molecular formula is C13H20O. The molecule has 0 aliphatic rings. The van der Waals surface area contributed by atoms with Crippen molar-refractivity contribution in [2.24, 2.45) is 0 Å². The summed E-state index contributed by atoms with van der Waals surface area (Å²) in [6.07, 6.45) is 4.15. The molecule has 1 aromatic carbocycles. The van der Waals surface area contributed by atoms with Crippen LogP contribution in [0.15, 0.2) is 24.3 Å². The molecule has 0 aliphatic heterocycles. The summed E-state index contributed by atoms with van der Waals surface area (Å²) in [5.41, 5.74) is 2.28. The minimum Gasteiger partial charge on any atom is -0.388 e. The molecule has 0 aromatic heterocycles. The lowest BCUT2D eigenvalue weighted by Crippen LogP contribution is -1.99. The summed E-state index contributed by atoms with van der Waals surface area (Å²) in [5, 5.41) is 9.93. The topological polar surface area (TPSA) is 20.2 Å². The maximum Gasteiger partial charge on any atom is 0.0792 e. The van der Waals surface area contributed by atoms with Crippen molar-refractivity contribution in [2.75, 3.05) is 0 Å². The highest BCUT2D eigenvalue weighted by Crippen LogP contribution is 2.22. The van der Waals surface area contributed by atoms with Crippen LogP contribution in [0.2, 0.25) is 0 Å². The zero-order chi connectivity index (χ0) is 10.4. The lowest BCUT2D eigenvalue weighted by Gasteiger charge is -2.12. The molecule has 1 heteroatoms. The average Bonchev–Trinajstić information content (AvgIpc) is 2.18. The van der Waals surface area contributed by atoms with E-state index in [0.717, 1.165) is 18.4 Å². The molecule has 0 radical (unpaired) electrons. The fourth-order valence-corrected chi connectivity index (χ4v) is 1.70. The van der Waals surface area contributed by atoms with Gasteiger partial charge in [-0.3, -0.25) is 0 Å². The third kappa shape index (κ3) is 3.15. The van der Waals surface area contributed by atoms with Crippen LogP contribution in [0.3, 0.4) is 0 Å². The van der Waals surface area contributed by atoms with Crippen molar-refractivity contribution in [1.29, 1.82) is 0 Å². The van der Waals surface area contributed by atoms with Crippen LogP contribution < -0.4 is 0 Å². The molecule has 0 bridgehead atoms. The van der Waals surface area contributed by atoms with Crippen molar-refractivity contribution in [3.05, 3.63) is 35.4 Å². The second-order valence-electron chi connectivity index (χ2n) is 3.87. The van der Waals surface area contributed by atoms with Crippen molar-refractivity contribution in [3.8, 4) is 0 Å². The first-order valence-corrected chi connectivity index (χ1v) is 5.49. The molecule has 0 amide bonds. The summed E-state index contributed by atoms with van der Waals surface area (Å²) < 4.78 is 0. The third-order valence-electron chi connectivity index (χ3n) is 2.63. The summed E-state index contributed by atoms with van der Waals surface area (Å²) >= 11 is 0. The standard InChI is InChI=1S/C13H20O/c1-3-4-5-10-13(14)12-9-7-6-8-11(12)2/h6-9,13-14H,3-5,10H2,1-2H3. The van der Waals surface area contributed by atoms with Gasteiger partial charge in [0.05, 0.1) is 6.10 Å². The molecule has 1 rings (SSSR count). The Morgan fingerprint density at radius 3 is 2.57 bits per heavy atom. The highest BCUT2D eigenvalue weighted by molar-refractivity contribution is 5.27. The monoisotopic (exact) mass is 192 g/mol. The van der Waals surface area contributed by atoms with Crippen LogP contribution in [0.5, 0.6) is 0 Å². The van der Waals surface area contributed by atoms with Crippen LogP contribution in [0.1, 0.15) is 49.8 Å². The summed E-state index contributed by atoms with van der Waals surface area (Å²) in [6, 6.07) is 8.08. The molecule has 1 aromatic rings. The Labute approximate surface area is 86.8 Å². The van der Waals surface area contributed by atoms with Gasteiger partial charge < -0.3 is 5.11 Å². The molecule has 0 saturated carbocycles. The maximum absolute atomic E-state index is 9.93. The Morgan fingerprint density at radius 2 is 1.93 bits per heavy atom. The number of unbranched alkanes of at least 4 members (excludes halogenated alkanes) is 2. The molecule has 0 aliphatic carbocycles. The van der Waals surface area contributed by atoms with Gasteiger partial charge in [0.1, 0.15) is 0 Å². The van der Waals surface area contributed by atoms with Crippen LogP contribution in [-0.4, -0.2) is 5.11 Å². The van der Waals surface area contributed by atoms with Gasteiger partial charge >= 0.3 is 0 Å². The Kier molecular flexibility index (Phi) is 4.68. The third-order valence-corrected chi connectivity index (χ3v) is 2.63. The molecule has 0 spiro atoms. The van der Waals surface area contributed by atoms with Gasteiger partial charge in [0, 0.05) is 0 Å². The Hall–Kier alpha value is -0.820. The van der Waals surface area contributed by atoms with E-state index >= 15 is 0 Å².